The summed E-state index contributed by atoms with van der Waals surface area (Å²) in [5.41, 5.74) is -1.25. The minimum absolute atomic E-state index is 0.110. The first kappa shape index (κ1) is 17.2. The van der Waals surface area contributed by atoms with Gasteiger partial charge in [-0.3, -0.25) is 0 Å². The predicted molar refractivity (Wildman–Crippen MR) is 87.9 cm³/mol. The molecule has 0 aromatic carbocycles. The Morgan fingerprint density at radius 3 is 2.42 bits per heavy atom. The van der Waals surface area contributed by atoms with Gasteiger partial charge in [0.1, 0.15) is 6.10 Å². The SMILES string of the molecule is OC[C@@H](O)[C@@]1(O)CCC2C3CC[C@@H]4C[C@H](O)CCC4C3C(O)CC21. The normalized spacial score (nSPS) is 55.4. The Labute approximate surface area is 143 Å². The van der Waals surface area contributed by atoms with Gasteiger partial charge in [0, 0.05) is 0 Å². The molecule has 0 radical (unpaired) electrons. The molecule has 6 unspecified atom stereocenters. The molecule has 4 aliphatic carbocycles. The van der Waals surface area contributed by atoms with E-state index in [9.17, 15) is 25.5 Å². The van der Waals surface area contributed by atoms with Gasteiger partial charge < -0.3 is 25.5 Å². The molecule has 4 fully saturated rings. The van der Waals surface area contributed by atoms with Crippen LogP contribution in [0, 0.1) is 35.5 Å². The first-order valence-corrected chi connectivity index (χ1v) is 9.83. The molecule has 5 nitrogen and oxygen atoms in total. The molecule has 0 amide bonds. The second kappa shape index (κ2) is 6.20. The van der Waals surface area contributed by atoms with E-state index in [0.717, 1.165) is 38.5 Å². The first-order chi connectivity index (χ1) is 11.5. The van der Waals surface area contributed by atoms with Gasteiger partial charge in [-0.05, 0) is 86.9 Å². The summed E-state index contributed by atoms with van der Waals surface area (Å²) in [6.07, 6.45) is 5.11. The van der Waals surface area contributed by atoms with E-state index in [1.165, 1.54) is 0 Å². The van der Waals surface area contributed by atoms with Gasteiger partial charge in [0.05, 0.1) is 24.4 Å². The average Bonchev–Trinajstić information content (AvgIpc) is 2.91. The summed E-state index contributed by atoms with van der Waals surface area (Å²) in [6.45, 7) is -0.424. The van der Waals surface area contributed by atoms with Gasteiger partial charge in [-0.15, -0.1) is 0 Å². The molecule has 5 N–H and O–H groups in total. The topological polar surface area (TPSA) is 101 Å². The maximum absolute atomic E-state index is 11.0. The fourth-order valence-electron chi connectivity index (χ4n) is 7.12. The van der Waals surface area contributed by atoms with Crippen molar-refractivity contribution in [3.05, 3.63) is 0 Å². The molecule has 5 heteroatoms. The molecular formula is C19H32O5. The number of aliphatic hydroxyl groups is 5. The number of hydrogen-bond donors (Lipinski definition) is 5. The van der Waals surface area contributed by atoms with Crippen molar-refractivity contribution < 1.29 is 25.5 Å². The summed E-state index contributed by atoms with van der Waals surface area (Å²) < 4.78 is 0. The third kappa shape index (κ3) is 2.47. The van der Waals surface area contributed by atoms with Crippen LogP contribution in [-0.2, 0) is 0 Å². The third-order valence-electron chi connectivity index (χ3n) is 8.15. The van der Waals surface area contributed by atoms with Crippen LogP contribution in [0.1, 0.15) is 51.4 Å². The van der Waals surface area contributed by atoms with Crippen LogP contribution in [0.25, 0.3) is 0 Å². The lowest BCUT2D eigenvalue weighted by molar-refractivity contribution is -0.167. The monoisotopic (exact) mass is 340 g/mol. The minimum atomic E-state index is -1.25. The Morgan fingerprint density at radius 2 is 1.67 bits per heavy atom. The van der Waals surface area contributed by atoms with Gasteiger partial charge in [-0.25, -0.2) is 0 Å². The van der Waals surface area contributed by atoms with E-state index in [2.05, 4.69) is 0 Å². The lowest BCUT2D eigenvalue weighted by Crippen LogP contribution is -2.56. The lowest BCUT2D eigenvalue weighted by Gasteiger charge is -2.55. The summed E-state index contributed by atoms with van der Waals surface area (Å²) in [6, 6.07) is 0. The maximum atomic E-state index is 11.0. The van der Waals surface area contributed by atoms with Gasteiger partial charge in [0.25, 0.3) is 0 Å². The summed E-state index contributed by atoms with van der Waals surface area (Å²) in [7, 11) is 0. The minimum Gasteiger partial charge on any atom is -0.394 e. The van der Waals surface area contributed by atoms with Gasteiger partial charge in [-0.2, -0.15) is 0 Å². The Bertz CT molecular complexity index is 471. The van der Waals surface area contributed by atoms with E-state index in [0.29, 0.717) is 36.5 Å². The zero-order valence-corrected chi connectivity index (χ0v) is 14.3. The number of fused-ring (bicyclic) bond motifs is 5. The first-order valence-electron chi connectivity index (χ1n) is 9.83. The molecule has 4 aliphatic rings. The molecule has 0 aliphatic heterocycles. The molecule has 4 saturated carbocycles. The summed E-state index contributed by atoms with van der Waals surface area (Å²) in [5.74, 6) is 1.96. The zero-order chi connectivity index (χ0) is 17.1. The molecular weight excluding hydrogens is 308 g/mol. The van der Waals surface area contributed by atoms with Crippen molar-refractivity contribution in [2.75, 3.05) is 6.61 Å². The quantitative estimate of drug-likeness (QED) is 0.508. The van der Waals surface area contributed by atoms with Crippen LogP contribution < -0.4 is 0 Å². The Kier molecular flexibility index (Phi) is 4.45. The van der Waals surface area contributed by atoms with Gasteiger partial charge in [0.15, 0.2) is 0 Å². The van der Waals surface area contributed by atoms with E-state index in [4.69, 9.17) is 0 Å². The number of aliphatic hydroxyl groups excluding tert-OH is 4. The Morgan fingerprint density at radius 1 is 0.917 bits per heavy atom. The molecule has 0 heterocycles. The second-order valence-corrected chi connectivity index (χ2v) is 9.01. The fourth-order valence-corrected chi connectivity index (χ4v) is 7.12. The molecule has 138 valence electrons. The van der Waals surface area contributed by atoms with Crippen LogP contribution in [0.2, 0.25) is 0 Å². The molecule has 0 spiro atoms. The molecule has 24 heavy (non-hydrogen) atoms. The fraction of sp³-hybridized carbons (Fsp3) is 1.00. The van der Waals surface area contributed by atoms with E-state index in [1.54, 1.807) is 0 Å². The second-order valence-electron chi connectivity index (χ2n) is 9.01. The van der Waals surface area contributed by atoms with Gasteiger partial charge in [0.2, 0.25) is 0 Å². The Balaban J connectivity index is 1.57. The highest BCUT2D eigenvalue weighted by Gasteiger charge is 2.60. The molecule has 10 atom stereocenters. The van der Waals surface area contributed by atoms with Crippen molar-refractivity contribution in [1.29, 1.82) is 0 Å². The third-order valence-corrected chi connectivity index (χ3v) is 8.15. The smallest absolute Gasteiger partial charge is 0.106 e. The van der Waals surface area contributed by atoms with E-state index < -0.39 is 24.4 Å². The highest BCUT2D eigenvalue weighted by Crippen LogP contribution is 2.60. The number of rotatable bonds is 2. The van der Waals surface area contributed by atoms with E-state index >= 15 is 0 Å². The lowest BCUT2D eigenvalue weighted by atomic mass is 9.52. The van der Waals surface area contributed by atoms with Gasteiger partial charge >= 0.3 is 0 Å². The van der Waals surface area contributed by atoms with Gasteiger partial charge in [-0.1, -0.05) is 0 Å². The summed E-state index contributed by atoms with van der Waals surface area (Å²) in [5, 5.41) is 51.3. The van der Waals surface area contributed by atoms with Crippen molar-refractivity contribution in [1.82, 2.24) is 0 Å². The average molecular weight is 340 g/mol. The highest BCUT2D eigenvalue weighted by atomic mass is 16.4. The van der Waals surface area contributed by atoms with Crippen LogP contribution >= 0.6 is 0 Å². The standard InChI is InChI=1S/C19H32O5/c20-9-17(23)19(24)6-5-13-14-3-1-10-7-11(21)2-4-12(10)18(14)16(22)8-15(13)19/h10-18,20-24H,1-9H2/t10-,11-,12?,13?,14?,15?,16?,17-,18?,19-/m1/s1. The van der Waals surface area contributed by atoms with Crippen molar-refractivity contribution in [2.24, 2.45) is 35.5 Å². The molecule has 0 aromatic heterocycles. The molecule has 0 aromatic rings. The maximum Gasteiger partial charge on any atom is 0.106 e. The summed E-state index contributed by atoms with van der Waals surface area (Å²) in [4.78, 5) is 0. The van der Waals surface area contributed by atoms with E-state index in [-0.39, 0.29) is 17.9 Å². The van der Waals surface area contributed by atoms with Crippen LogP contribution in [-0.4, -0.2) is 56.1 Å². The van der Waals surface area contributed by atoms with Crippen LogP contribution in [0.5, 0.6) is 0 Å². The molecule has 0 bridgehead atoms. The number of hydrogen-bond acceptors (Lipinski definition) is 5. The van der Waals surface area contributed by atoms with E-state index in [1.807, 2.05) is 0 Å². The highest BCUT2D eigenvalue weighted by molar-refractivity contribution is 5.10. The van der Waals surface area contributed by atoms with Crippen LogP contribution in [0.3, 0.4) is 0 Å². The molecule has 4 rings (SSSR count). The zero-order valence-electron chi connectivity index (χ0n) is 14.3. The molecule has 0 saturated heterocycles. The Hall–Kier alpha value is -0.200. The van der Waals surface area contributed by atoms with Crippen molar-refractivity contribution in [2.45, 2.75) is 75.3 Å². The van der Waals surface area contributed by atoms with Crippen molar-refractivity contribution in [3.63, 3.8) is 0 Å². The summed E-state index contributed by atoms with van der Waals surface area (Å²) >= 11 is 0. The van der Waals surface area contributed by atoms with Crippen molar-refractivity contribution in [3.8, 4) is 0 Å². The largest absolute Gasteiger partial charge is 0.394 e. The van der Waals surface area contributed by atoms with Crippen molar-refractivity contribution >= 4 is 0 Å². The predicted octanol–water partition coefficient (Wildman–Crippen LogP) is 0.665. The van der Waals surface area contributed by atoms with Crippen LogP contribution in [0.4, 0.5) is 0 Å². The van der Waals surface area contributed by atoms with Crippen LogP contribution in [0.15, 0.2) is 0 Å².